The maximum absolute atomic E-state index is 0. The molecule has 0 bridgehead atoms. The van der Waals surface area contributed by atoms with Gasteiger partial charge < -0.3 is 5.48 Å². The van der Waals surface area contributed by atoms with E-state index in [2.05, 4.69) is 0 Å². The second-order valence-corrected chi connectivity index (χ2v) is 0. The van der Waals surface area contributed by atoms with E-state index in [-0.39, 0.29) is 81.6 Å². The monoisotopic (exact) mass is 201 g/mol. The van der Waals surface area contributed by atoms with E-state index in [1.54, 1.807) is 0 Å². The zero-order valence-electron chi connectivity index (χ0n) is 1.99. The predicted molar refractivity (Wildman–Crippen MR) is 0.686 cm³/mol. The Morgan fingerprint density at radius 3 is 0.750 bits per heavy atom. The Kier molecular flexibility index (Phi) is 141. The van der Waals surface area contributed by atoms with Gasteiger partial charge in [-0.1, -0.05) is 0 Å². The largest absolute Gasteiger partial charge is 4.00 e. The molecular weight excluding hydrogens is 201 g/mol. The summed E-state index contributed by atoms with van der Waals surface area (Å²) >= 11 is 0. The Morgan fingerprint density at radius 2 is 0.750 bits per heavy atom. The van der Waals surface area contributed by atoms with Crippen molar-refractivity contribution < 1.29 is 81.6 Å². The maximum Gasteiger partial charge on any atom is 4.00 e. The number of hydrogen-bond donors (Lipinski definition) is 0. The molecule has 1 nitrogen and oxygen atoms in total. The van der Waals surface area contributed by atoms with Crippen LogP contribution in [0, 0.1) is 0 Å². The van der Waals surface area contributed by atoms with E-state index in [0.29, 0.717) is 0 Å². The van der Waals surface area contributed by atoms with Gasteiger partial charge in [0.2, 0.25) is 0 Å². The second kappa shape index (κ2) is 17.8. The van der Waals surface area contributed by atoms with Gasteiger partial charge in [0, 0.05) is 0 Å². The van der Waals surface area contributed by atoms with Crippen LogP contribution in [0.2, 0.25) is 0 Å². The third-order valence-electron chi connectivity index (χ3n) is 0. The molecule has 0 rings (SSSR count). The first kappa shape index (κ1) is 31.5. The van der Waals surface area contributed by atoms with Gasteiger partial charge in [-0.15, -0.1) is 0 Å². The molecule has 0 aromatic rings. The molecule has 0 saturated carbocycles. The summed E-state index contributed by atoms with van der Waals surface area (Å²) in [4.78, 5) is 0. The Balaban J connectivity index is 0. The standard InChI is InChI=1S/O.2Ti.Y/q-2;2*+4;+3. The van der Waals surface area contributed by atoms with Crippen LogP contribution < -0.4 is 0 Å². The van der Waals surface area contributed by atoms with E-state index in [9.17, 15) is 0 Å². The Morgan fingerprint density at radius 1 is 0.750 bits per heavy atom. The molecule has 0 unspecified atom stereocenters. The molecule has 0 radical (unpaired) electrons. The summed E-state index contributed by atoms with van der Waals surface area (Å²) in [7, 11) is 0. The van der Waals surface area contributed by atoms with Crippen LogP contribution >= 0.6 is 0 Å². The summed E-state index contributed by atoms with van der Waals surface area (Å²) in [6.07, 6.45) is 0. The minimum atomic E-state index is 0. The third-order valence-corrected chi connectivity index (χ3v) is 0. The van der Waals surface area contributed by atoms with E-state index in [0.717, 1.165) is 0 Å². The minimum absolute atomic E-state index is 0. The van der Waals surface area contributed by atoms with Crippen molar-refractivity contribution in [3.05, 3.63) is 0 Å². The fourth-order valence-corrected chi connectivity index (χ4v) is 0. The van der Waals surface area contributed by atoms with Gasteiger partial charge in [-0.2, -0.15) is 0 Å². The van der Waals surface area contributed by atoms with Gasteiger partial charge >= 0.3 is 76.1 Å². The molecule has 8 valence electrons. The summed E-state index contributed by atoms with van der Waals surface area (Å²) in [6.45, 7) is 0. The average Bonchev–Trinajstić information content (AvgIpc) is 0. The molecule has 0 atom stereocenters. The van der Waals surface area contributed by atoms with Gasteiger partial charge in [0.15, 0.2) is 0 Å². The van der Waals surface area contributed by atoms with Crippen LogP contribution in [-0.2, 0) is 81.6 Å². The summed E-state index contributed by atoms with van der Waals surface area (Å²) in [5, 5.41) is 0. The van der Waals surface area contributed by atoms with Gasteiger partial charge in [0.1, 0.15) is 0 Å². The maximum atomic E-state index is 0. The summed E-state index contributed by atoms with van der Waals surface area (Å²) < 4.78 is 0. The normalized spacial score (nSPS) is 0. The van der Waals surface area contributed by atoms with Crippen molar-refractivity contribution in [1.82, 2.24) is 0 Å². The van der Waals surface area contributed by atoms with E-state index in [1.807, 2.05) is 0 Å². The molecule has 0 aliphatic carbocycles. The van der Waals surface area contributed by atoms with Crippen molar-refractivity contribution in [2.45, 2.75) is 0 Å². The molecule has 0 amide bonds. The van der Waals surface area contributed by atoms with Gasteiger partial charge in [-0.05, 0) is 0 Å². The summed E-state index contributed by atoms with van der Waals surface area (Å²) in [5.41, 5.74) is 0. The van der Waals surface area contributed by atoms with Crippen LogP contribution in [0.3, 0.4) is 0 Å². The van der Waals surface area contributed by atoms with Crippen molar-refractivity contribution in [1.29, 1.82) is 0 Å². The molecule has 4 heteroatoms. The average molecular weight is 201 g/mol. The molecule has 0 heterocycles. The first-order chi connectivity index (χ1) is 0. The molecule has 0 aliphatic rings. The van der Waals surface area contributed by atoms with E-state index in [1.165, 1.54) is 0 Å². The molecule has 0 aliphatic heterocycles. The van der Waals surface area contributed by atoms with Crippen LogP contribution in [-0.4, -0.2) is 0 Å². The SMILES string of the molecule is [O-2].[Ti+4].[Ti+4].[Y+3]. The molecule has 4 heavy (non-hydrogen) atoms. The number of rotatable bonds is 0. The van der Waals surface area contributed by atoms with E-state index >= 15 is 0 Å². The number of hydrogen-bond acceptors (Lipinski definition) is 0. The zero-order valence-corrected chi connectivity index (χ0v) is 7.95. The Bertz CT molecular complexity index is 6.00. The van der Waals surface area contributed by atoms with Crippen LogP contribution in [0.15, 0.2) is 0 Å². The van der Waals surface area contributed by atoms with E-state index in [4.69, 9.17) is 0 Å². The van der Waals surface area contributed by atoms with Crippen molar-refractivity contribution in [3.63, 3.8) is 0 Å². The molecular formula is OTi2Y+9. The zero-order chi connectivity index (χ0) is 0. The van der Waals surface area contributed by atoms with Crippen LogP contribution in [0.1, 0.15) is 0 Å². The summed E-state index contributed by atoms with van der Waals surface area (Å²) in [6, 6.07) is 0. The minimum Gasteiger partial charge on any atom is -2.00 e. The molecule has 0 spiro atoms. The van der Waals surface area contributed by atoms with Gasteiger partial charge in [0.25, 0.3) is 0 Å². The van der Waals surface area contributed by atoms with Crippen molar-refractivity contribution >= 4 is 0 Å². The third kappa shape index (κ3) is 8.82. The Labute approximate surface area is 80.2 Å². The first-order valence-corrected chi connectivity index (χ1v) is 0. The molecule has 0 N–H and O–H groups in total. The van der Waals surface area contributed by atoms with Gasteiger partial charge in [-0.3, -0.25) is 0 Å². The second-order valence-electron chi connectivity index (χ2n) is 0. The predicted octanol–water partition coefficient (Wildman–Crippen LogP) is -0.126. The molecule has 0 aromatic heterocycles. The van der Waals surface area contributed by atoms with Crippen LogP contribution in [0.4, 0.5) is 0 Å². The molecule has 0 fully saturated rings. The fourth-order valence-electron chi connectivity index (χ4n) is 0. The smallest absolute Gasteiger partial charge is 2.00 e. The quantitative estimate of drug-likeness (QED) is 0.488. The van der Waals surface area contributed by atoms with Crippen LogP contribution in [0.5, 0.6) is 0 Å². The van der Waals surface area contributed by atoms with Gasteiger partial charge in [-0.25, -0.2) is 0 Å². The van der Waals surface area contributed by atoms with Crippen molar-refractivity contribution in [2.75, 3.05) is 0 Å². The topological polar surface area (TPSA) is 28.5 Å². The Hall–Kier alpha value is 2.49. The van der Waals surface area contributed by atoms with Crippen molar-refractivity contribution in [2.24, 2.45) is 0 Å². The molecule has 0 aromatic carbocycles. The molecule has 0 saturated heterocycles. The van der Waals surface area contributed by atoms with Gasteiger partial charge in [0.05, 0.1) is 0 Å². The van der Waals surface area contributed by atoms with Crippen LogP contribution in [0.25, 0.3) is 0 Å². The van der Waals surface area contributed by atoms with Crippen molar-refractivity contribution in [3.8, 4) is 0 Å². The summed E-state index contributed by atoms with van der Waals surface area (Å²) in [5.74, 6) is 0. The van der Waals surface area contributed by atoms with E-state index < -0.39 is 0 Å². The first-order valence-electron chi connectivity index (χ1n) is 0. The fraction of sp³-hybridized carbons (Fsp3) is 0.